The Balaban J connectivity index is 4.22. The lowest BCUT2D eigenvalue weighted by Gasteiger charge is -2.41. The van der Waals surface area contributed by atoms with E-state index in [2.05, 4.69) is 41.5 Å². The quantitative estimate of drug-likeness (QED) is 0.188. The fraction of sp³-hybridized carbons (Fsp3) is 0.750. The van der Waals surface area contributed by atoms with Crippen molar-refractivity contribution in [1.82, 2.24) is 0 Å². The second-order valence-electron chi connectivity index (χ2n) is 12.0. The Labute approximate surface area is 231 Å². The molecule has 6 heteroatoms. The normalized spacial score (nSPS) is 16.5. The second-order valence-corrected chi connectivity index (χ2v) is 12.0. The topological polar surface area (TPSA) is 86.7 Å². The monoisotopic (exact) mass is 532 g/mol. The van der Waals surface area contributed by atoms with Crippen molar-refractivity contribution >= 4 is 23.5 Å². The van der Waals surface area contributed by atoms with Gasteiger partial charge in [-0.1, -0.05) is 69.2 Å². The van der Waals surface area contributed by atoms with E-state index in [0.717, 1.165) is 12.8 Å². The van der Waals surface area contributed by atoms with Crippen LogP contribution in [-0.2, 0) is 28.7 Å². The molecule has 0 saturated heterocycles. The molecular formula is C32H52O6. The molecule has 0 aromatic heterocycles. The number of ether oxygens (including phenoxy) is 2. The van der Waals surface area contributed by atoms with Crippen LogP contribution in [0, 0.1) is 29.1 Å². The van der Waals surface area contributed by atoms with Gasteiger partial charge in [-0.05, 0) is 62.7 Å². The van der Waals surface area contributed by atoms with Crippen LogP contribution in [0.5, 0.6) is 0 Å². The highest BCUT2D eigenvalue weighted by molar-refractivity contribution is 6.12. The van der Waals surface area contributed by atoms with Crippen LogP contribution in [0.4, 0.5) is 0 Å². The Hall–Kier alpha value is -2.24. The zero-order valence-corrected chi connectivity index (χ0v) is 25.6. The van der Waals surface area contributed by atoms with Crippen LogP contribution in [0.15, 0.2) is 22.7 Å². The number of rotatable bonds is 16. The molecule has 0 aromatic rings. The maximum Gasteiger partial charge on any atom is 0.310 e. The minimum absolute atomic E-state index is 0.0106. The molecule has 1 atom stereocenters. The zero-order chi connectivity index (χ0) is 29.2. The van der Waals surface area contributed by atoms with Crippen molar-refractivity contribution < 1.29 is 28.7 Å². The van der Waals surface area contributed by atoms with Crippen LogP contribution in [0.25, 0.3) is 0 Å². The van der Waals surface area contributed by atoms with Gasteiger partial charge in [-0.2, -0.15) is 0 Å². The molecule has 0 fully saturated rings. The zero-order valence-electron chi connectivity index (χ0n) is 25.6. The van der Waals surface area contributed by atoms with Crippen LogP contribution < -0.4 is 0 Å². The molecule has 0 amide bonds. The number of hydrogen-bond donors (Lipinski definition) is 0. The van der Waals surface area contributed by atoms with E-state index in [0.29, 0.717) is 55.4 Å². The third kappa shape index (κ3) is 8.64. The molecule has 0 aromatic carbocycles. The second kappa shape index (κ2) is 15.4. The maximum atomic E-state index is 14.7. The van der Waals surface area contributed by atoms with Crippen LogP contribution in [0.2, 0.25) is 0 Å². The summed E-state index contributed by atoms with van der Waals surface area (Å²) in [6.45, 7) is 19.6. The lowest BCUT2D eigenvalue weighted by molar-refractivity contribution is -0.144. The summed E-state index contributed by atoms with van der Waals surface area (Å²) in [6.07, 6.45) is 4.21. The van der Waals surface area contributed by atoms with Gasteiger partial charge in [-0.3, -0.25) is 19.2 Å². The smallest absolute Gasteiger partial charge is 0.310 e. The standard InChI is InChI=1S/C32H52O6/c1-11-23(10)28(35)27-29(37-25(33)12-2)24(15-14-20(4)5)30(36)32(18-16-21(6)7,19-17-22(8)9)31(27)38-26(34)13-3/h20-23H,11-19H2,1-10H3. The van der Waals surface area contributed by atoms with Gasteiger partial charge in [0, 0.05) is 24.3 Å². The summed E-state index contributed by atoms with van der Waals surface area (Å²) in [5.74, 6) is -0.828. The first kappa shape index (κ1) is 33.8. The number of esters is 2. The summed E-state index contributed by atoms with van der Waals surface area (Å²) in [5.41, 5.74) is -0.656. The molecule has 1 rings (SSSR count). The van der Waals surface area contributed by atoms with E-state index in [4.69, 9.17) is 9.47 Å². The predicted octanol–water partition coefficient (Wildman–Crippen LogP) is 7.89. The van der Waals surface area contributed by atoms with E-state index in [1.807, 2.05) is 13.8 Å². The first-order chi connectivity index (χ1) is 17.7. The van der Waals surface area contributed by atoms with E-state index in [1.165, 1.54) is 0 Å². The number of Topliss-reactive ketones (excluding diaryl/α,β-unsaturated/α-hetero) is 2. The average Bonchev–Trinajstić information content (AvgIpc) is 2.86. The van der Waals surface area contributed by atoms with Crippen molar-refractivity contribution in [3.63, 3.8) is 0 Å². The third-order valence-corrected chi connectivity index (χ3v) is 7.46. The minimum atomic E-state index is -1.16. The molecule has 0 aliphatic heterocycles. The lowest BCUT2D eigenvalue weighted by Crippen LogP contribution is -2.43. The van der Waals surface area contributed by atoms with Crippen molar-refractivity contribution in [2.45, 2.75) is 127 Å². The highest BCUT2D eigenvalue weighted by Gasteiger charge is 2.53. The molecule has 38 heavy (non-hydrogen) atoms. The van der Waals surface area contributed by atoms with Crippen LogP contribution in [0.3, 0.4) is 0 Å². The van der Waals surface area contributed by atoms with E-state index in [9.17, 15) is 19.2 Å². The molecule has 216 valence electrons. The van der Waals surface area contributed by atoms with Gasteiger partial charge in [0.1, 0.15) is 11.3 Å². The SMILES string of the molecule is CCC(=O)OC1=C(CCC(C)C)C(=O)C(CCC(C)C)(CCC(C)C)C(OC(=O)CC)=C1C(=O)C(C)CC. The van der Waals surface area contributed by atoms with Gasteiger partial charge < -0.3 is 9.47 Å². The molecule has 1 aliphatic rings. The Morgan fingerprint density at radius 1 is 0.737 bits per heavy atom. The van der Waals surface area contributed by atoms with E-state index < -0.39 is 23.3 Å². The van der Waals surface area contributed by atoms with Gasteiger partial charge in [0.25, 0.3) is 0 Å². The molecule has 1 aliphatic carbocycles. The van der Waals surface area contributed by atoms with Gasteiger partial charge >= 0.3 is 11.9 Å². The van der Waals surface area contributed by atoms with E-state index >= 15 is 0 Å². The van der Waals surface area contributed by atoms with Gasteiger partial charge in [-0.15, -0.1) is 0 Å². The summed E-state index contributed by atoms with van der Waals surface area (Å²) in [5, 5.41) is 0. The highest BCUT2D eigenvalue weighted by atomic mass is 16.6. The summed E-state index contributed by atoms with van der Waals surface area (Å²) in [6, 6.07) is 0. The molecule has 0 N–H and O–H groups in total. The van der Waals surface area contributed by atoms with Crippen LogP contribution in [-0.4, -0.2) is 23.5 Å². The molecule has 0 heterocycles. The number of allylic oxidation sites excluding steroid dienone is 3. The Bertz CT molecular complexity index is 906. The fourth-order valence-corrected chi connectivity index (χ4v) is 4.59. The van der Waals surface area contributed by atoms with Crippen molar-refractivity contribution in [3.05, 3.63) is 22.7 Å². The molecule has 0 bridgehead atoms. The van der Waals surface area contributed by atoms with E-state index in [-0.39, 0.29) is 41.5 Å². The molecule has 0 radical (unpaired) electrons. The lowest BCUT2D eigenvalue weighted by atomic mass is 9.64. The number of carbonyl (C=O) groups is 4. The number of carbonyl (C=O) groups excluding carboxylic acids is 4. The van der Waals surface area contributed by atoms with Gasteiger partial charge in [0.15, 0.2) is 17.3 Å². The Kier molecular flexibility index (Phi) is 13.7. The van der Waals surface area contributed by atoms with Gasteiger partial charge in [0.05, 0.1) is 5.41 Å². The fourth-order valence-electron chi connectivity index (χ4n) is 4.59. The van der Waals surface area contributed by atoms with Crippen molar-refractivity contribution in [3.8, 4) is 0 Å². The summed E-state index contributed by atoms with van der Waals surface area (Å²) in [7, 11) is 0. The van der Waals surface area contributed by atoms with Gasteiger partial charge in [-0.25, -0.2) is 0 Å². The van der Waals surface area contributed by atoms with Crippen LogP contribution >= 0.6 is 0 Å². The summed E-state index contributed by atoms with van der Waals surface area (Å²) in [4.78, 5) is 54.2. The number of hydrogen-bond acceptors (Lipinski definition) is 6. The molecule has 1 unspecified atom stereocenters. The maximum absolute atomic E-state index is 14.7. The molecular weight excluding hydrogens is 480 g/mol. The van der Waals surface area contributed by atoms with Crippen molar-refractivity contribution in [1.29, 1.82) is 0 Å². The summed E-state index contributed by atoms with van der Waals surface area (Å²) < 4.78 is 11.8. The van der Waals surface area contributed by atoms with Crippen molar-refractivity contribution in [2.24, 2.45) is 29.1 Å². The Morgan fingerprint density at radius 2 is 1.21 bits per heavy atom. The first-order valence-corrected chi connectivity index (χ1v) is 14.7. The van der Waals surface area contributed by atoms with Crippen LogP contribution in [0.1, 0.15) is 127 Å². The molecule has 0 spiro atoms. The average molecular weight is 533 g/mol. The predicted molar refractivity (Wildman–Crippen MR) is 151 cm³/mol. The van der Waals surface area contributed by atoms with Gasteiger partial charge in [0.2, 0.25) is 0 Å². The number of ketones is 2. The minimum Gasteiger partial charge on any atom is -0.429 e. The first-order valence-electron chi connectivity index (χ1n) is 14.7. The largest absolute Gasteiger partial charge is 0.429 e. The van der Waals surface area contributed by atoms with E-state index in [1.54, 1.807) is 13.8 Å². The summed E-state index contributed by atoms with van der Waals surface area (Å²) >= 11 is 0. The van der Waals surface area contributed by atoms with Crippen molar-refractivity contribution in [2.75, 3.05) is 0 Å². The molecule has 0 saturated carbocycles. The third-order valence-electron chi connectivity index (χ3n) is 7.46. The molecule has 6 nitrogen and oxygen atoms in total. The Morgan fingerprint density at radius 3 is 1.63 bits per heavy atom. The highest BCUT2D eigenvalue weighted by Crippen LogP contribution is 2.51.